The predicted octanol–water partition coefficient (Wildman–Crippen LogP) is 3.02. The monoisotopic (exact) mass is 411 g/mol. The number of amides is 2. The number of carbonyl (C=O) groups is 1. The largest absolute Gasteiger partial charge is 0.494 e. The van der Waals surface area contributed by atoms with E-state index in [-0.39, 0.29) is 6.03 Å². The first-order valence-electron chi connectivity index (χ1n) is 10.5. The summed E-state index contributed by atoms with van der Waals surface area (Å²) in [5, 5.41) is 3.00. The minimum Gasteiger partial charge on any atom is -0.494 e. The van der Waals surface area contributed by atoms with E-state index in [0.717, 1.165) is 56.4 Å². The van der Waals surface area contributed by atoms with Crippen molar-refractivity contribution < 1.29 is 19.0 Å². The van der Waals surface area contributed by atoms with Crippen LogP contribution in [0.25, 0.3) is 0 Å². The van der Waals surface area contributed by atoms with Crippen LogP contribution in [0.1, 0.15) is 17.5 Å². The normalized spacial score (nSPS) is 15.8. The standard InChI is InChI=1S/C23H29N3O4/c1-18-3-6-20(7-4-18)28-14-2-9-24-23(27)26-12-10-25(11-13-26)16-19-5-8-21-22(15-19)30-17-29-21/h3-8,15H,2,9-14,16-17H2,1H3,(H,24,27). The molecule has 1 fully saturated rings. The van der Waals surface area contributed by atoms with Crippen LogP contribution in [0, 0.1) is 6.92 Å². The Labute approximate surface area is 177 Å². The maximum atomic E-state index is 12.4. The quantitative estimate of drug-likeness (QED) is 0.710. The molecule has 0 atom stereocenters. The Kier molecular flexibility index (Phi) is 6.59. The molecule has 7 nitrogen and oxygen atoms in total. The number of ether oxygens (including phenoxy) is 3. The highest BCUT2D eigenvalue weighted by atomic mass is 16.7. The van der Waals surface area contributed by atoms with Crippen molar-refractivity contribution in [2.24, 2.45) is 0 Å². The van der Waals surface area contributed by atoms with Gasteiger partial charge in [0.15, 0.2) is 11.5 Å². The highest BCUT2D eigenvalue weighted by Crippen LogP contribution is 2.32. The average Bonchev–Trinajstić information content (AvgIpc) is 3.23. The lowest BCUT2D eigenvalue weighted by Crippen LogP contribution is -2.51. The summed E-state index contributed by atoms with van der Waals surface area (Å²) in [6.07, 6.45) is 0.781. The van der Waals surface area contributed by atoms with Crippen molar-refractivity contribution in [3.63, 3.8) is 0 Å². The molecule has 1 saturated heterocycles. The number of rotatable bonds is 7. The van der Waals surface area contributed by atoms with Gasteiger partial charge in [-0.1, -0.05) is 23.8 Å². The molecule has 0 radical (unpaired) electrons. The van der Waals surface area contributed by atoms with Gasteiger partial charge >= 0.3 is 6.03 Å². The number of hydrogen-bond acceptors (Lipinski definition) is 5. The summed E-state index contributed by atoms with van der Waals surface area (Å²) in [4.78, 5) is 16.6. The van der Waals surface area contributed by atoms with Gasteiger partial charge in [0.25, 0.3) is 0 Å². The molecule has 2 aromatic carbocycles. The fourth-order valence-corrected chi connectivity index (χ4v) is 3.61. The van der Waals surface area contributed by atoms with Gasteiger partial charge in [0.1, 0.15) is 5.75 Å². The number of carbonyl (C=O) groups excluding carboxylic acids is 1. The van der Waals surface area contributed by atoms with Gasteiger partial charge in [-0.25, -0.2) is 4.79 Å². The molecule has 30 heavy (non-hydrogen) atoms. The zero-order valence-electron chi connectivity index (χ0n) is 17.4. The summed E-state index contributed by atoms with van der Waals surface area (Å²) < 4.78 is 16.5. The van der Waals surface area contributed by atoms with E-state index in [4.69, 9.17) is 14.2 Å². The van der Waals surface area contributed by atoms with Crippen LogP contribution >= 0.6 is 0 Å². The summed E-state index contributed by atoms with van der Waals surface area (Å²) in [5.41, 5.74) is 2.41. The van der Waals surface area contributed by atoms with Crippen LogP contribution in [0.5, 0.6) is 17.2 Å². The van der Waals surface area contributed by atoms with Gasteiger partial charge in [0.2, 0.25) is 6.79 Å². The van der Waals surface area contributed by atoms with Crippen molar-refractivity contribution in [1.82, 2.24) is 15.1 Å². The fourth-order valence-electron chi connectivity index (χ4n) is 3.61. The first-order chi connectivity index (χ1) is 14.7. The molecule has 2 aliphatic heterocycles. The number of nitrogens with one attached hydrogen (secondary N) is 1. The first-order valence-corrected chi connectivity index (χ1v) is 10.5. The van der Waals surface area contributed by atoms with Crippen LogP contribution in [-0.2, 0) is 6.54 Å². The van der Waals surface area contributed by atoms with E-state index in [9.17, 15) is 4.79 Å². The number of nitrogens with zero attached hydrogens (tertiary/aromatic N) is 2. The van der Waals surface area contributed by atoms with E-state index in [1.807, 2.05) is 41.3 Å². The summed E-state index contributed by atoms with van der Waals surface area (Å²) in [6, 6.07) is 14.1. The van der Waals surface area contributed by atoms with Crippen molar-refractivity contribution in [3.05, 3.63) is 53.6 Å². The zero-order valence-corrected chi connectivity index (χ0v) is 17.4. The average molecular weight is 412 g/mol. The van der Waals surface area contributed by atoms with Gasteiger partial charge in [-0.05, 0) is 43.2 Å². The van der Waals surface area contributed by atoms with Crippen LogP contribution in [0.2, 0.25) is 0 Å². The molecule has 2 aromatic rings. The third-order valence-electron chi connectivity index (χ3n) is 5.39. The lowest BCUT2D eigenvalue weighted by Gasteiger charge is -2.34. The number of urea groups is 1. The van der Waals surface area contributed by atoms with Crippen LogP contribution in [0.15, 0.2) is 42.5 Å². The van der Waals surface area contributed by atoms with Crippen LogP contribution in [0.3, 0.4) is 0 Å². The Morgan fingerprint density at radius 3 is 2.60 bits per heavy atom. The third kappa shape index (κ3) is 5.36. The summed E-state index contributed by atoms with van der Waals surface area (Å²) >= 11 is 0. The van der Waals surface area contributed by atoms with Crippen molar-refractivity contribution in [3.8, 4) is 17.2 Å². The van der Waals surface area contributed by atoms with Crippen LogP contribution in [0.4, 0.5) is 4.79 Å². The maximum absolute atomic E-state index is 12.4. The molecule has 2 amide bonds. The van der Waals surface area contributed by atoms with E-state index in [1.165, 1.54) is 11.1 Å². The third-order valence-corrected chi connectivity index (χ3v) is 5.39. The molecule has 0 bridgehead atoms. The lowest BCUT2D eigenvalue weighted by atomic mass is 10.1. The molecule has 160 valence electrons. The van der Waals surface area contributed by atoms with Crippen molar-refractivity contribution in [2.75, 3.05) is 46.1 Å². The molecule has 4 rings (SSSR count). The molecule has 0 saturated carbocycles. The SMILES string of the molecule is Cc1ccc(OCCCNC(=O)N2CCN(Cc3ccc4c(c3)OCO4)CC2)cc1. The lowest BCUT2D eigenvalue weighted by molar-refractivity contribution is 0.135. The molecular formula is C23H29N3O4. The first kappa shape index (κ1) is 20.3. The number of aryl methyl sites for hydroxylation is 1. The topological polar surface area (TPSA) is 63.3 Å². The molecular weight excluding hydrogens is 382 g/mol. The number of benzene rings is 2. The Balaban J connectivity index is 1.12. The highest BCUT2D eigenvalue weighted by Gasteiger charge is 2.21. The fraction of sp³-hybridized carbons (Fsp3) is 0.435. The molecule has 2 aliphatic rings. The number of piperazine rings is 1. The van der Waals surface area contributed by atoms with E-state index in [0.29, 0.717) is 19.9 Å². The second-order valence-electron chi connectivity index (χ2n) is 7.70. The Bertz CT molecular complexity index is 848. The molecule has 0 aliphatic carbocycles. The Hall–Kier alpha value is -2.93. The molecule has 1 N–H and O–H groups in total. The summed E-state index contributed by atoms with van der Waals surface area (Å²) in [6.45, 7) is 7.58. The van der Waals surface area contributed by atoms with Gasteiger partial charge in [-0.2, -0.15) is 0 Å². The summed E-state index contributed by atoms with van der Waals surface area (Å²) in [7, 11) is 0. The number of fused-ring (bicyclic) bond motifs is 1. The predicted molar refractivity (Wildman–Crippen MR) is 114 cm³/mol. The van der Waals surface area contributed by atoms with E-state index in [1.54, 1.807) is 0 Å². The molecule has 7 heteroatoms. The van der Waals surface area contributed by atoms with Crippen molar-refractivity contribution in [1.29, 1.82) is 0 Å². The molecule has 0 spiro atoms. The minimum atomic E-state index is 0.00747. The minimum absolute atomic E-state index is 0.00747. The van der Waals surface area contributed by atoms with Gasteiger partial charge in [0.05, 0.1) is 6.61 Å². The van der Waals surface area contributed by atoms with Gasteiger partial charge in [0, 0.05) is 39.3 Å². The van der Waals surface area contributed by atoms with Crippen LogP contribution in [-0.4, -0.2) is 62.0 Å². The maximum Gasteiger partial charge on any atom is 0.317 e. The Morgan fingerprint density at radius 2 is 1.80 bits per heavy atom. The van der Waals surface area contributed by atoms with Gasteiger partial charge < -0.3 is 24.4 Å². The molecule has 0 aromatic heterocycles. The number of hydrogen-bond donors (Lipinski definition) is 1. The molecule has 0 unspecified atom stereocenters. The van der Waals surface area contributed by atoms with E-state index >= 15 is 0 Å². The van der Waals surface area contributed by atoms with Gasteiger partial charge in [-0.3, -0.25) is 4.90 Å². The summed E-state index contributed by atoms with van der Waals surface area (Å²) in [5.74, 6) is 2.49. The highest BCUT2D eigenvalue weighted by molar-refractivity contribution is 5.74. The van der Waals surface area contributed by atoms with Crippen molar-refractivity contribution in [2.45, 2.75) is 19.9 Å². The van der Waals surface area contributed by atoms with Crippen molar-refractivity contribution >= 4 is 6.03 Å². The second-order valence-corrected chi connectivity index (χ2v) is 7.70. The van der Waals surface area contributed by atoms with E-state index in [2.05, 4.69) is 23.2 Å². The zero-order chi connectivity index (χ0) is 20.8. The molecule has 2 heterocycles. The van der Waals surface area contributed by atoms with Crippen LogP contribution < -0.4 is 19.5 Å². The second kappa shape index (κ2) is 9.71. The van der Waals surface area contributed by atoms with Gasteiger partial charge in [-0.15, -0.1) is 0 Å². The smallest absolute Gasteiger partial charge is 0.317 e. The van der Waals surface area contributed by atoms with E-state index < -0.39 is 0 Å². The Morgan fingerprint density at radius 1 is 1.03 bits per heavy atom.